The maximum atomic E-state index is 14.1. The number of aliphatic hydroxyl groups excluding tert-OH is 2. The van der Waals surface area contributed by atoms with Crippen LogP contribution in [0.4, 0.5) is 0 Å². The van der Waals surface area contributed by atoms with E-state index in [-0.39, 0.29) is 35.2 Å². The number of fused-ring (bicyclic) bond motifs is 3. The monoisotopic (exact) mass is 434 g/mol. The minimum absolute atomic E-state index is 0.0264. The summed E-state index contributed by atoms with van der Waals surface area (Å²) in [6.45, 7) is 9.24. The van der Waals surface area contributed by atoms with Gasteiger partial charge in [0.05, 0.1) is 12.0 Å². The zero-order valence-electron chi connectivity index (χ0n) is 18.9. The number of aliphatic hydroxyl groups is 3. The van der Waals surface area contributed by atoms with Crippen LogP contribution in [0.5, 0.6) is 0 Å². The highest BCUT2D eigenvalue weighted by Crippen LogP contribution is 2.71. The van der Waals surface area contributed by atoms with Crippen molar-refractivity contribution in [1.29, 1.82) is 0 Å². The van der Waals surface area contributed by atoms with E-state index in [0.29, 0.717) is 18.1 Å². The molecule has 2 bridgehead atoms. The van der Waals surface area contributed by atoms with Gasteiger partial charge >= 0.3 is 5.97 Å². The lowest BCUT2D eigenvalue weighted by molar-refractivity contribution is -0.205. The van der Waals surface area contributed by atoms with Gasteiger partial charge in [-0.3, -0.25) is 4.79 Å². The predicted molar refractivity (Wildman–Crippen MR) is 112 cm³/mol. The van der Waals surface area contributed by atoms with Gasteiger partial charge in [0.2, 0.25) is 0 Å². The van der Waals surface area contributed by atoms with Crippen LogP contribution in [0, 0.1) is 34.5 Å². The van der Waals surface area contributed by atoms with E-state index in [2.05, 4.69) is 13.8 Å². The van der Waals surface area contributed by atoms with E-state index < -0.39 is 41.7 Å². The van der Waals surface area contributed by atoms with Crippen LogP contribution in [0.15, 0.2) is 23.3 Å². The molecule has 172 valence electrons. The van der Waals surface area contributed by atoms with E-state index in [9.17, 15) is 24.9 Å². The predicted octanol–water partition coefficient (Wildman–Crippen LogP) is 1.40. The molecule has 0 aromatic carbocycles. The molecule has 0 amide bonds. The Hall–Kier alpha value is -1.54. The van der Waals surface area contributed by atoms with E-state index in [1.807, 2.05) is 6.92 Å². The number of rotatable bonds is 5. The van der Waals surface area contributed by atoms with Crippen molar-refractivity contribution < 1.29 is 34.4 Å². The van der Waals surface area contributed by atoms with Crippen LogP contribution >= 0.6 is 0 Å². The molecular formula is C24H34O7. The zero-order valence-corrected chi connectivity index (χ0v) is 18.9. The van der Waals surface area contributed by atoms with Crippen molar-refractivity contribution in [3.05, 3.63) is 23.3 Å². The van der Waals surface area contributed by atoms with Gasteiger partial charge in [0.1, 0.15) is 12.7 Å². The van der Waals surface area contributed by atoms with Crippen molar-refractivity contribution in [2.75, 3.05) is 19.8 Å². The summed E-state index contributed by atoms with van der Waals surface area (Å²) in [6, 6.07) is 0. The summed E-state index contributed by atoms with van der Waals surface area (Å²) in [7, 11) is 0. The molecule has 1 spiro atoms. The summed E-state index contributed by atoms with van der Waals surface area (Å²) in [5.74, 6) is -1.24. The Balaban J connectivity index is 1.85. The standard InChI is InChI=1S/C24H34O7/c1-6-30-11-17(26)31-21-12(2)9-23-13(3)7-16-18(22(16,4)5)15(20(23)28)8-14(10-25)19(27)24(21,23)29/h8-9,13,15-16,18-19,21,25,27,29H,6-7,10-11H2,1-5H3/t13-,15+,16-,18+,19-,21+,23+,24+/m1/s1. The van der Waals surface area contributed by atoms with E-state index in [1.165, 1.54) is 0 Å². The van der Waals surface area contributed by atoms with Crippen LogP contribution in [-0.4, -0.2) is 64.7 Å². The molecule has 0 unspecified atom stereocenters. The molecule has 4 aliphatic carbocycles. The third-order valence-corrected chi connectivity index (χ3v) is 8.57. The quantitative estimate of drug-likeness (QED) is 0.443. The SMILES string of the molecule is CCOCC(=O)O[C@H]1C(C)=C[C@]23C(=O)[C@@H](C=C(CO)[C@@H](O)[C@]12O)[C@H]1[C@@H](C[C@H]3C)C1(C)C. The summed E-state index contributed by atoms with van der Waals surface area (Å²) in [5, 5.41) is 33.6. The molecule has 0 aromatic heterocycles. The zero-order chi connectivity index (χ0) is 22.9. The molecular weight excluding hydrogens is 400 g/mol. The molecule has 3 N–H and O–H groups in total. The fourth-order valence-electron chi connectivity index (χ4n) is 6.94. The third kappa shape index (κ3) is 2.79. The Morgan fingerprint density at radius 1 is 1.32 bits per heavy atom. The number of hydrogen-bond acceptors (Lipinski definition) is 7. The normalized spacial score (nSPS) is 45.0. The summed E-state index contributed by atoms with van der Waals surface area (Å²) in [4.78, 5) is 26.5. The van der Waals surface area contributed by atoms with Crippen LogP contribution in [0.3, 0.4) is 0 Å². The van der Waals surface area contributed by atoms with Crippen molar-refractivity contribution >= 4 is 11.8 Å². The first-order valence-corrected chi connectivity index (χ1v) is 11.2. The molecule has 0 saturated heterocycles. The second kappa shape index (κ2) is 7.24. The minimum Gasteiger partial charge on any atom is -0.453 e. The van der Waals surface area contributed by atoms with Crippen molar-refractivity contribution in [2.45, 2.75) is 58.8 Å². The molecule has 31 heavy (non-hydrogen) atoms. The van der Waals surface area contributed by atoms with Gasteiger partial charge in [0.15, 0.2) is 17.5 Å². The third-order valence-electron chi connectivity index (χ3n) is 8.57. The van der Waals surface area contributed by atoms with Crippen LogP contribution in [0.25, 0.3) is 0 Å². The summed E-state index contributed by atoms with van der Waals surface area (Å²) in [5.41, 5.74) is -2.80. The van der Waals surface area contributed by atoms with E-state index in [1.54, 1.807) is 26.0 Å². The summed E-state index contributed by atoms with van der Waals surface area (Å²) >= 11 is 0. The Bertz CT molecular complexity index is 858. The second-order valence-electron chi connectivity index (χ2n) is 10.4. The fourth-order valence-corrected chi connectivity index (χ4v) is 6.94. The number of hydrogen-bond donors (Lipinski definition) is 3. The first kappa shape index (κ1) is 22.6. The Morgan fingerprint density at radius 3 is 2.61 bits per heavy atom. The van der Waals surface area contributed by atoms with Gasteiger partial charge in [-0.05, 0) is 54.6 Å². The molecule has 0 aliphatic heterocycles. The van der Waals surface area contributed by atoms with E-state index >= 15 is 0 Å². The lowest BCUT2D eigenvalue weighted by atomic mass is 9.59. The Kier molecular flexibility index (Phi) is 5.29. The lowest BCUT2D eigenvalue weighted by Gasteiger charge is -2.48. The average Bonchev–Trinajstić information content (AvgIpc) is 3.20. The molecule has 4 rings (SSSR count). The fraction of sp³-hybridized carbons (Fsp3) is 0.750. The molecule has 2 saturated carbocycles. The molecule has 7 nitrogen and oxygen atoms in total. The number of esters is 1. The topological polar surface area (TPSA) is 113 Å². The van der Waals surface area contributed by atoms with Crippen LogP contribution < -0.4 is 0 Å². The van der Waals surface area contributed by atoms with Gasteiger partial charge in [-0.15, -0.1) is 0 Å². The van der Waals surface area contributed by atoms with Crippen molar-refractivity contribution in [1.82, 2.24) is 0 Å². The minimum atomic E-state index is -2.10. The second-order valence-corrected chi connectivity index (χ2v) is 10.4. The van der Waals surface area contributed by atoms with Gasteiger partial charge in [-0.2, -0.15) is 0 Å². The first-order valence-electron chi connectivity index (χ1n) is 11.2. The van der Waals surface area contributed by atoms with Crippen molar-refractivity contribution in [3.63, 3.8) is 0 Å². The average molecular weight is 435 g/mol. The highest BCUT2D eigenvalue weighted by molar-refractivity contribution is 5.95. The number of carbonyl (C=O) groups excluding carboxylic acids is 2. The maximum Gasteiger partial charge on any atom is 0.332 e. The number of ether oxygens (including phenoxy) is 2. The number of carbonyl (C=O) groups is 2. The molecule has 4 aliphatic rings. The molecule has 7 heteroatoms. The van der Waals surface area contributed by atoms with E-state index in [0.717, 1.165) is 6.42 Å². The maximum absolute atomic E-state index is 14.1. The number of ketones is 1. The van der Waals surface area contributed by atoms with Gasteiger partial charge in [-0.1, -0.05) is 32.9 Å². The Labute approximate surface area is 183 Å². The number of allylic oxidation sites excluding steroid dienone is 1. The van der Waals surface area contributed by atoms with Gasteiger partial charge in [-0.25, -0.2) is 4.79 Å². The highest BCUT2D eigenvalue weighted by atomic mass is 16.6. The van der Waals surface area contributed by atoms with Gasteiger partial charge in [0.25, 0.3) is 0 Å². The van der Waals surface area contributed by atoms with Crippen LogP contribution in [0.1, 0.15) is 41.0 Å². The molecule has 8 atom stereocenters. The first-order chi connectivity index (χ1) is 14.5. The highest BCUT2D eigenvalue weighted by Gasteiger charge is 2.76. The summed E-state index contributed by atoms with van der Waals surface area (Å²) in [6.07, 6.45) is 1.35. The Morgan fingerprint density at radius 2 is 2.00 bits per heavy atom. The smallest absolute Gasteiger partial charge is 0.332 e. The van der Waals surface area contributed by atoms with Gasteiger partial charge in [0, 0.05) is 12.5 Å². The largest absolute Gasteiger partial charge is 0.453 e. The van der Waals surface area contributed by atoms with Crippen LogP contribution in [0.2, 0.25) is 0 Å². The summed E-state index contributed by atoms with van der Waals surface area (Å²) < 4.78 is 10.7. The lowest BCUT2D eigenvalue weighted by Crippen LogP contribution is -2.66. The van der Waals surface area contributed by atoms with Gasteiger partial charge < -0.3 is 24.8 Å². The van der Waals surface area contributed by atoms with E-state index in [4.69, 9.17) is 9.47 Å². The van der Waals surface area contributed by atoms with Crippen molar-refractivity contribution in [2.24, 2.45) is 34.5 Å². The van der Waals surface area contributed by atoms with Crippen molar-refractivity contribution in [3.8, 4) is 0 Å². The molecule has 2 fully saturated rings. The number of Topliss-reactive ketones (excluding diaryl/α,β-unsaturated/α-hetero) is 1. The van der Waals surface area contributed by atoms with Crippen LogP contribution in [-0.2, 0) is 19.1 Å². The molecule has 0 radical (unpaired) electrons. The molecule has 0 aromatic rings. The molecule has 0 heterocycles.